The Balaban J connectivity index is 1.38. The molecule has 33 heavy (non-hydrogen) atoms. The Morgan fingerprint density at radius 2 is 1.64 bits per heavy atom. The van der Waals surface area contributed by atoms with Gasteiger partial charge in [0, 0.05) is 32.0 Å². The highest BCUT2D eigenvalue weighted by Crippen LogP contribution is 2.50. The van der Waals surface area contributed by atoms with E-state index in [-0.39, 0.29) is 34.8 Å². The lowest BCUT2D eigenvalue weighted by atomic mass is 9.62. The van der Waals surface area contributed by atoms with Gasteiger partial charge in [-0.25, -0.2) is 8.78 Å². The number of hydrogen-bond donors (Lipinski definition) is 1. The van der Waals surface area contributed by atoms with Crippen LogP contribution in [0.2, 0.25) is 0 Å². The van der Waals surface area contributed by atoms with Gasteiger partial charge in [-0.3, -0.25) is 9.59 Å². The first-order chi connectivity index (χ1) is 15.9. The van der Waals surface area contributed by atoms with Gasteiger partial charge in [0.2, 0.25) is 11.8 Å². The lowest BCUT2D eigenvalue weighted by Crippen LogP contribution is -2.55. The molecular formula is C27H30F2N2O2. The van der Waals surface area contributed by atoms with E-state index in [2.05, 4.69) is 5.32 Å². The average Bonchev–Trinajstić information content (AvgIpc) is 3.31. The Hall–Kier alpha value is -2.76. The highest BCUT2D eigenvalue weighted by molar-refractivity contribution is 5.89. The van der Waals surface area contributed by atoms with Gasteiger partial charge in [0.25, 0.3) is 0 Å². The van der Waals surface area contributed by atoms with Crippen LogP contribution in [-0.2, 0) is 15.0 Å². The zero-order chi connectivity index (χ0) is 23.1. The van der Waals surface area contributed by atoms with E-state index in [1.54, 1.807) is 6.07 Å². The molecule has 4 nitrogen and oxygen atoms in total. The predicted molar refractivity (Wildman–Crippen MR) is 122 cm³/mol. The average molecular weight is 453 g/mol. The number of rotatable bonds is 3. The minimum Gasteiger partial charge on any atom is -0.355 e. The number of hydrogen-bond acceptors (Lipinski definition) is 2. The standard InChI is InChI=1S/C27H30F2N2O2/c28-21-8-6-19(7-9-21)23-18-30-24(32)17-26(23)12-14-31(15-13-26)25(33)27(10-1-2-11-27)20-4-3-5-22(29)16-20/h3-9,16,23H,1-2,10-15,17-18H2,(H,30,32)/t23-/m0/s1. The van der Waals surface area contributed by atoms with E-state index in [1.807, 2.05) is 23.1 Å². The number of amides is 2. The first-order valence-electron chi connectivity index (χ1n) is 12.0. The number of likely N-dealkylation sites (tertiary alicyclic amines) is 1. The largest absolute Gasteiger partial charge is 0.355 e. The van der Waals surface area contributed by atoms with Crippen LogP contribution in [-0.4, -0.2) is 36.3 Å². The molecule has 5 rings (SSSR count). The van der Waals surface area contributed by atoms with Crippen molar-refractivity contribution in [2.24, 2.45) is 5.41 Å². The second-order valence-electron chi connectivity index (χ2n) is 10.0. The summed E-state index contributed by atoms with van der Waals surface area (Å²) >= 11 is 0. The Morgan fingerprint density at radius 3 is 2.30 bits per heavy atom. The minimum absolute atomic E-state index is 0.0418. The van der Waals surface area contributed by atoms with Crippen LogP contribution >= 0.6 is 0 Å². The molecule has 2 aliphatic heterocycles. The molecule has 0 aromatic heterocycles. The molecule has 3 aliphatic rings. The molecule has 3 fully saturated rings. The van der Waals surface area contributed by atoms with Crippen LogP contribution in [0.15, 0.2) is 48.5 Å². The van der Waals surface area contributed by atoms with Crippen molar-refractivity contribution < 1.29 is 18.4 Å². The van der Waals surface area contributed by atoms with E-state index in [4.69, 9.17) is 0 Å². The molecular weight excluding hydrogens is 422 g/mol. The van der Waals surface area contributed by atoms with Crippen molar-refractivity contribution >= 4 is 11.8 Å². The van der Waals surface area contributed by atoms with Gasteiger partial charge in [0.05, 0.1) is 5.41 Å². The maximum Gasteiger partial charge on any atom is 0.233 e. The lowest BCUT2D eigenvalue weighted by Gasteiger charge is -2.50. The van der Waals surface area contributed by atoms with Gasteiger partial charge in [-0.15, -0.1) is 0 Å². The van der Waals surface area contributed by atoms with Crippen molar-refractivity contribution in [2.45, 2.75) is 56.3 Å². The van der Waals surface area contributed by atoms with Crippen LogP contribution in [0.4, 0.5) is 8.78 Å². The van der Waals surface area contributed by atoms with Crippen molar-refractivity contribution in [3.8, 4) is 0 Å². The van der Waals surface area contributed by atoms with E-state index < -0.39 is 5.41 Å². The molecule has 0 unspecified atom stereocenters. The molecule has 1 atom stereocenters. The van der Waals surface area contributed by atoms with E-state index >= 15 is 0 Å². The van der Waals surface area contributed by atoms with Crippen molar-refractivity contribution in [3.05, 3.63) is 71.3 Å². The fourth-order valence-corrected chi connectivity index (χ4v) is 6.48. The second kappa shape index (κ2) is 8.54. The molecule has 6 heteroatoms. The maximum atomic E-state index is 14.0. The molecule has 0 bridgehead atoms. The number of piperidine rings is 2. The predicted octanol–water partition coefficient (Wildman–Crippen LogP) is 4.69. The molecule has 2 amide bonds. The number of halogens is 2. The molecule has 1 aliphatic carbocycles. The maximum absolute atomic E-state index is 14.0. The van der Waals surface area contributed by atoms with Crippen LogP contribution in [0, 0.1) is 17.0 Å². The van der Waals surface area contributed by atoms with Crippen LogP contribution in [0.3, 0.4) is 0 Å². The molecule has 1 saturated carbocycles. The summed E-state index contributed by atoms with van der Waals surface area (Å²) in [5.41, 5.74) is 0.931. The van der Waals surface area contributed by atoms with E-state index in [1.165, 1.54) is 24.3 Å². The summed E-state index contributed by atoms with van der Waals surface area (Å²) in [4.78, 5) is 28.2. The fraction of sp³-hybridized carbons (Fsp3) is 0.481. The van der Waals surface area contributed by atoms with Crippen LogP contribution in [0.1, 0.15) is 62.0 Å². The molecule has 0 radical (unpaired) electrons. The molecule has 1 N–H and O–H groups in total. The second-order valence-corrected chi connectivity index (χ2v) is 10.0. The summed E-state index contributed by atoms with van der Waals surface area (Å²) in [5.74, 6) is -0.345. The minimum atomic E-state index is -0.646. The Labute approximate surface area is 193 Å². The SMILES string of the molecule is O=C1CC2(CCN(C(=O)C3(c4cccc(F)c4)CCCC3)CC2)[C@H](c2ccc(F)cc2)CN1. The van der Waals surface area contributed by atoms with Crippen LogP contribution < -0.4 is 5.32 Å². The van der Waals surface area contributed by atoms with E-state index in [9.17, 15) is 18.4 Å². The summed E-state index contributed by atoms with van der Waals surface area (Å²) in [6.07, 6.45) is 5.31. The quantitative estimate of drug-likeness (QED) is 0.735. The van der Waals surface area contributed by atoms with Gasteiger partial charge in [0.1, 0.15) is 11.6 Å². The van der Waals surface area contributed by atoms with Gasteiger partial charge in [-0.1, -0.05) is 37.1 Å². The molecule has 2 aromatic rings. The lowest BCUT2D eigenvalue weighted by molar-refractivity contribution is -0.141. The van der Waals surface area contributed by atoms with Crippen molar-refractivity contribution in [1.82, 2.24) is 10.2 Å². The Morgan fingerprint density at radius 1 is 0.939 bits per heavy atom. The van der Waals surface area contributed by atoms with Crippen molar-refractivity contribution in [3.63, 3.8) is 0 Å². The highest BCUT2D eigenvalue weighted by Gasteiger charge is 2.50. The van der Waals surface area contributed by atoms with Gasteiger partial charge >= 0.3 is 0 Å². The highest BCUT2D eigenvalue weighted by atomic mass is 19.1. The number of benzene rings is 2. The van der Waals surface area contributed by atoms with E-state index in [0.29, 0.717) is 26.1 Å². The number of nitrogens with zero attached hydrogens (tertiary/aromatic N) is 1. The summed E-state index contributed by atoms with van der Waals surface area (Å²) in [6.45, 7) is 1.70. The molecule has 2 heterocycles. The van der Waals surface area contributed by atoms with Gasteiger partial charge in [-0.05, 0) is 66.5 Å². The molecule has 1 spiro atoms. The van der Waals surface area contributed by atoms with Gasteiger partial charge in [-0.2, -0.15) is 0 Å². The Kier molecular flexibility index (Phi) is 5.71. The summed E-state index contributed by atoms with van der Waals surface area (Å²) < 4.78 is 27.5. The molecule has 2 aromatic carbocycles. The number of carbonyl (C=O) groups is 2. The smallest absolute Gasteiger partial charge is 0.233 e. The summed E-state index contributed by atoms with van der Waals surface area (Å²) in [6, 6.07) is 13.1. The van der Waals surface area contributed by atoms with Gasteiger partial charge in [0.15, 0.2) is 0 Å². The first kappa shape index (κ1) is 22.1. The summed E-state index contributed by atoms with van der Waals surface area (Å²) in [5, 5.41) is 2.98. The third-order valence-electron chi connectivity index (χ3n) is 8.32. The number of nitrogens with one attached hydrogen (secondary N) is 1. The summed E-state index contributed by atoms with van der Waals surface area (Å²) in [7, 11) is 0. The Bertz CT molecular complexity index is 1040. The van der Waals surface area contributed by atoms with E-state index in [0.717, 1.165) is 49.7 Å². The normalized spacial score (nSPS) is 24.0. The van der Waals surface area contributed by atoms with Crippen molar-refractivity contribution in [1.29, 1.82) is 0 Å². The first-order valence-corrected chi connectivity index (χ1v) is 12.0. The zero-order valence-electron chi connectivity index (χ0n) is 18.8. The fourth-order valence-electron chi connectivity index (χ4n) is 6.48. The van der Waals surface area contributed by atoms with Crippen LogP contribution in [0.5, 0.6) is 0 Å². The zero-order valence-corrected chi connectivity index (χ0v) is 18.8. The molecule has 174 valence electrons. The topological polar surface area (TPSA) is 49.4 Å². The van der Waals surface area contributed by atoms with Crippen molar-refractivity contribution in [2.75, 3.05) is 19.6 Å². The third kappa shape index (κ3) is 3.94. The molecule has 2 saturated heterocycles. The van der Waals surface area contributed by atoms with Gasteiger partial charge < -0.3 is 10.2 Å². The van der Waals surface area contributed by atoms with Crippen LogP contribution in [0.25, 0.3) is 0 Å². The number of carbonyl (C=O) groups excluding carboxylic acids is 2. The monoisotopic (exact) mass is 452 g/mol. The third-order valence-corrected chi connectivity index (χ3v) is 8.32.